The fourth-order valence-electron chi connectivity index (χ4n) is 4.54. The van der Waals surface area contributed by atoms with Gasteiger partial charge in [-0.2, -0.15) is 0 Å². The van der Waals surface area contributed by atoms with Gasteiger partial charge in [-0.3, -0.25) is 0 Å². The summed E-state index contributed by atoms with van der Waals surface area (Å²) in [4.78, 5) is 14.9. The Hall–Kier alpha value is -3.78. The lowest BCUT2D eigenvalue weighted by molar-refractivity contribution is 0.501. The second kappa shape index (κ2) is 8.29. The quantitative estimate of drug-likeness (QED) is 0.352. The summed E-state index contributed by atoms with van der Waals surface area (Å²) in [6, 6.07) is 10.7. The van der Waals surface area contributed by atoms with Gasteiger partial charge >= 0.3 is 0 Å². The van der Waals surface area contributed by atoms with Crippen LogP contribution in [0.3, 0.4) is 0 Å². The summed E-state index contributed by atoms with van der Waals surface area (Å²) in [7, 11) is 0. The van der Waals surface area contributed by atoms with Crippen molar-refractivity contribution in [3.8, 4) is 22.5 Å². The van der Waals surface area contributed by atoms with Gasteiger partial charge < -0.3 is 26.8 Å². The number of aryl methyl sites for hydroxylation is 1. The Balaban J connectivity index is 1.75. The van der Waals surface area contributed by atoms with Crippen LogP contribution in [0.5, 0.6) is 0 Å². The van der Waals surface area contributed by atoms with E-state index in [-0.39, 0.29) is 11.9 Å². The number of anilines is 2. The van der Waals surface area contributed by atoms with Crippen LogP contribution >= 0.6 is 0 Å². The lowest BCUT2D eigenvalue weighted by atomic mass is 9.97. The van der Waals surface area contributed by atoms with E-state index in [1.54, 1.807) is 6.20 Å². The normalized spacial score (nSPS) is 14.7. The largest absolute Gasteiger partial charge is 0.383 e. The second-order valence-corrected chi connectivity index (χ2v) is 8.63. The van der Waals surface area contributed by atoms with E-state index >= 15 is 0 Å². The molecule has 3 heterocycles. The lowest BCUT2D eigenvalue weighted by Crippen LogP contribution is -2.40. The standard InChI is InChI=1S/C25H26FN7/c1-14-8-16(11-17(26)9-14)19-13-30-24(29)22(23(19)33-6-4-18(28)5-7-33)25-31-20-3-2-15(12-27)10-21(20)32-25/h2-3,8-13,18,27H,4-7,28H2,1H3,(H2,29,30)(H,31,32). The average Bonchev–Trinajstić information content (AvgIpc) is 3.21. The predicted octanol–water partition coefficient (Wildman–Crippen LogP) is 4.25. The van der Waals surface area contributed by atoms with Crippen LogP contribution in [-0.4, -0.2) is 40.3 Å². The maximum Gasteiger partial charge on any atom is 0.144 e. The number of fused-ring (bicyclic) bond motifs is 1. The summed E-state index contributed by atoms with van der Waals surface area (Å²) in [5.74, 6) is 0.651. The first-order valence-corrected chi connectivity index (χ1v) is 11.0. The van der Waals surface area contributed by atoms with Crippen LogP contribution in [0.1, 0.15) is 24.0 Å². The molecule has 0 unspecified atom stereocenters. The van der Waals surface area contributed by atoms with Gasteiger partial charge in [0.05, 0.1) is 22.3 Å². The van der Waals surface area contributed by atoms with E-state index in [0.29, 0.717) is 17.2 Å². The first-order chi connectivity index (χ1) is 15.9. The molecule has 0 spiro atoms. The van der Waals surface area contributed by atoms with E-state index in [1.807, 2.05) is 31.2 Å². The molecule has 0 radical (unpaired) electrons. The topological polar surface area (TPSA) is 121 Å². The number of halogens is 1. The molecule has 0 aliphatic carbocycles. The molecule has 1 aliphatic rings. The summed E-state index contributed by atoms with van der Waals surface area (Å²) in [6.07, 6.45) is 4.72. The van der Waals surface area contributed by atoms with E-state index in [1.165, 1.54) is 18.3 Å². The molecule has 0 bridgehead atoms. The zero-order valence-electron chi connectivity index (χ0n) is 18.4. The van der Waals surface area contributed by atoms with E-state index in [4.69, 9.17) is 21.9 Å². The maximum absolute atomic E-state index is 14.3. The minimum Gasteiger partial charge on any atom is -0.383 e. The molecule has 0 atom stereocenters. The number of benzene rings is 2. The fraction of sp³-hybridized carbons (Fsp3) is 0.240. The van der Waals surface area contributed by atoms with Crippen molar-refractivity contribution in [1.82, 2.24) is 15.0 Å². The van der Waals surface area contributed by atoms with Crippen molar-refractivity contribution < 1.29 is 4.39 Å². The highest BCUT2D eigenvalue weighted by molar-refractivity contribution is 5.96. The Labute approximate surface area is 191 Å². The van der Waals surface area contributed by atoms with Crippen molar-refractivity contribution in [2.24, 2.45) is 5.73 Å². The molecule has 0 saturated carbocycles. The van der Waals surface area contributed by atoms with Crippen LogP contribution in [0, 0.1) is 18.2 Å². The highest BCUT2D eigenvalue weighted by Crippen LogP contribution is 2.42. The highest BCUT2D eigenvalue weighted by atomic mass is 19.1. The Morgan fingerprint density at radius 1 is 1.18 bits per heavy atom. The highest BCUT2D eigenvalue weighted by Gasteiger charge is 2.26. The van der Waals surface area contributed by atoms with Crippen molar-refractivity contribution in [2.75, 3.05) is 23.7 Å². The van der Waals surface area contributed by atoms with Gasteiger partial charge in [-0.15, -0.1) is 0 Å². The Morgan fingerprint density at radius 3 is 2.70 bits per heavy atom. The summed E-state index contributed by atoms with van der Waals surface area (Å²) in [5.41, 5.74) is 18.9. The number of aromatic nitrogens is 3. The van der Waals surface area contributed by atoms with Gasteiger partial charge in [-0.05, 0) is 60.7 Å². The monoisotopic (exact) mass is 443 g/mol. The lowest BCUT2D eigenvalue weighted by Gasteiger charge is -2.34. The number of nitrogens with one attached hydrogen (secondary N) is 2. The molecule has 1 saturated heterocycles. The van der Waals surface area contributed by atoms with Crippen LogP contribution in [-0.2, 0) is 0 Å². The molecule has 168 valence electrons. The van der Waals surface area contributed by atoms with Crippen LogP contribution < -0.4 is 16.4 Å². The summed E-state index contributed by atoms with van der Waals surface area (Å²) in [6.45, 7) is 3.39. The van der Waals surface area contributed by atoms with E-state index in [2.05, 4.69) is 14.9 Å². The number of aromatic amines is 1. The van der Waals surface area contributed by atoms with Crippen molar-refractivity contribution in [3.63, 3.8) is 0 Å². The maximum atomic E-state index is 14.3. The number of pyridine rings is 1. The molecular formula is C25H26FN7. The number of imidazole rings is 1. The van der Waals surface area contributed by atoms with Crippen molar-refractivity contribution in [2.45, 2.75) is 25.8 Å². The van der Waals surface area contributed by atoms with Crippen molar-refractivity contribution >= 4 is 28.8 Å². The van der Waals surface area contributed by atoms with Gasteiger partial charge in [-0.25, -0.2) is 14.4 Å². The zero-order chi connectivity index (χ0) is 23.1. The van der Waals surface area contributed by atoms with Gasteiger partial charge in [0.1, 0.15) is 17.5 Å². The number of hydrogen-bond donors (Lipinski definition) is 4. The first kappa shape index (κ1) is 21.1. The third-order valence-electron chi connectivity index (χ3n) is 6.20. The second-order valence-electron chi connectivity index (χ2n) is 8.63. The van der Waals surface area contributed by atoms with Gasteiger partial charge in [0.15, 0.2) is 0 Å². The first-order valence-electron chi connectivity index (χ1n) is 11.0. The number of rotatable bonds is 4. The molecule has 6 N–H and O–H groups in total. The molecule has 4 aromatic rings. The van der Waals surface area contributed by atoms with Crippen molar-refractivity contribution in [3.05, 3.63) is 59.5 Å². The Morgan fingerprint density at radius 2 is 1.97 bits per heavy atom. The zero-order valence-corrected chi connectivity index (χ0v) is 18.4. The Bertz CT molecular complexity index is 1330. The summed E-state index contributed by atoms with van der Waals surface area (Å²) < 4.78 is 14.3. The smallest absolute Gasteiger partial charge is 0.144 e. The molecule has 0 amide bonds. The Kier molecular flexibility index (Phi) is 5.30. The van der Waals surface area contributed by atoms with E-state index in [0.717, 1.165) is 64.9 Å². The molecular weight excluding hydrogens is 417 g/mol. The van der Waals surface area contributed by atoms with Gasteiger partial charge in [-0.1, -0.05) is 12.1 Å². The summed E-state index contributed by atoms with van der Waals surface area (Å²) in [5, 5.41) is 7.53. The van der Waals surface area contributed by atoms with Crippen LogP contribution in [0.4, 0.5) is 15.9 Å². The minimum atomic E-state index is -0.294. The number of nitrogens with zero attached hydrogens (tertiary/aromatic N) is 3. The number of H-pyrrole nitrogens is 1. The van der Waals surface area contributed by atoms with Crippen LogP contribution in [0.15, 0.2) is 42.6 Å². The molecule has 1 fully saturated rings. The molecule has 1 aliphatic heterocycles. The van der Waals surface area contributed by atoms with E-state index < -0.39 is 0 Å². The number of piperidine rings is 1. The van der Waals surface area contributed by atoms with Crippen LogP contribution in [0.25, 0.3) is 33.5 Å². The molecule has 7 nitrogen and oxygen atoms in total. The molecule has 5 rings (SSSR count). The third kappa shape index (κ3) is 3.93. The number of nitrogens with two attached hydrogens (primary N) is 2. The number of hydrogen-bond acceptors (Lipinski definition) is 6. The third-order valence-corrected chi connectivity index (χ3v) is 6.20. The van der Waals surface area contributed by atoms with Gasteiger partial charge in [0.25, 0.3) is 0 Å². The molecule has 2 aromatic heterocycles. The molecule has 33 heavy (non-hydrogen) atoms. The molecule has 2 aromatic carbocycles. The van der Waals surface area contributed by atoms with Gasteiger partial charge in [0, 0.05) is 37.1 Å². The average molecular weight is 444 g/mol. The van der Waals surface area contributed by atoms with Gasteiger partial charge in [0.2, 0.25) is 0 Å². The predicted molar refractivity (Wildman–Crippen MR) is 131 cm³/mol. The fourth-order valence-corrected chi connectivity index (χ4v) is 4.54. The summed E-state index contributed by atoms with van der Waals surface area (Å²) >= 11 is 0. The number of nitrogen functional groups attached to an aromatic ring is 1. The van der Waals surface area contributed by atoms with E-state index in [9.17, 15) is 4.39 Å². The van der Waals surface area contributed by atoms with Crippen molar-refractivity contribution in [1.29, 1.82) is 5.41 Å². The molecule has 8 heteroatoms. The van der Waals surface area contributed by atoms with Crippen LogP contribution in [0.2, 0.25) is 0 Å². The minimum absolute atomic E-state index is 0.162. The SMILES string of the molecule is Cc1cc(F)cc(-c2cnc(N)c(-c3nc4ccc(C=N)cc4[nH]3)c2N2CCC(N)CC2)c1.